The van der Waals surface area contributed by atoms with E-state index in [2.05, 4.69) is 11.4 Å². The Morgan fingerprint density at radius 2 is 1.70 bits per heavy atom. The van der Waals surface area contributed by atoms with E-state index in [-0.39, 0.29) is 29.6 Å². The van der Waals surface area contributed by atoms with E-state index in [4.69, 9.17) is 15.4 Å². The van der Waals surface area contributed by atoms with Crippen molar-refractivity contribution in [3.8, 4) is 17.3 Å². The molecule has 0 unspecified atom stereocenters. The van der Waals surface area contributed by atoms with Gasteiger partial charge >= 0.3 is 11.5 Å². The number of nitrogens with one attached hydrogen (secondary N) is 1. The molecule has 2 N–H and O–H groups in total. The lowest BCUT2D eigenvalue weighted by Crippen LogP contribution is -2.26. The lowest BCUT2D eigenvalue weighted by molar-refractivity contribution is -0.136. The number of thiazole rings is 1. The van der Waals surface area contributed by atoms with Crippen LogP contribution in [0.2, 0.25) is 0 Å². The van der Waals surface area contributed by atoms with E-state index in [0.29, 0.717) is 34.2 Å². The minimum atomic E-state index is -4.39. The zero-order chi connectivity index (χ0) is 28.7. The fourth-order valence-corrected chi connectivity index (χ4v) is 5.06. The Labute approximate surface area is 235 Å². The Bertz CT molecular complexity index is 1510. The number of rotatable bonds is 10. The molecule has 0 aliphatic rings. The van der Waals surface area contributed by atoms with Crippen LogP contribution in [0.25, 0.3) is 11.3 Å². The molecule has 0 atom stereocenters. The van der Waals surface area contributed by atoms with Crippen LogP contribution in [-0.2, 0) is 11.3 Å². The third kappa shape index (κ3) is 7.84. The zero-order valence-corrected chi connectivity index (χ0v) is 22.3. The lowest BCUT2D eigenvalue weighted by atomic mass is 10.1. The monoisotopic (exact) mass is 582 g/mol. The predicted octanol–water partition coefficient (Wildman–Crippen LogP) is 6.84. The molecular weight excluding hydrogens is 561 g/mol. The predicted molar refractivity (Wildman–Crippen MR) is 147 cm³/mol. The molecule has 0 saturated heterocycles. The van der Waals surface area contributed by atoms with Crippen molar-refractivity contribution in [2.45, 2.75) is 23.4 Å². The molecule has 0 saturated carbocycles. The SMILES string of the molecule is N#Cc1ccc(-c2csc(N(Cc3ccc(C(=O)NCCC(=O)O)cc3)c3ccc(SC(F)(F)F)cc3)n2)cc1. The number of carboxylic acids is 1. The van der Waals surface area contributed by atoms with Crippen LogP contribution in [0.3, 0.4) is 0 Å². The van der Waals surface area contributed by atoms with Gasteiger partial charge in [-0.2, -0.15) is 18.4 Å². The van der Waals surface area contributed by atoms with E-state index < -0.39 is 17.4 Å². The molecular formula is C28H21F3N4O3S2. The molecule has 0 fully saturated rings. The van der Waals surface area contributed by atoms with Gasteiger partial charge in [-0.1, -0.05) is 24.3 Å². The Kier molecular flexibility index (Phi) is 9.08. The normalized spacial score (nSPS) is 11.1. The Morgan fingerprint density at radius 1 is 1.02 bits per heavy atom. The van der Waals surface area contributed by atoms with E-state index in [9.17, 15) is 22.8 Å². The number of hydrogen-bond donors (Lipinski definition) is 2. The summed E-state index contributed by atoms with van der Waals surface area (Å²) in [5, 5.41) is 22.8. The van der Waals surface area contributed by atoms with Gasteiger partial charge in [-0.05, 0) is 65.9 Å². The number of nitrogens with zero attached hydrogens (tertiary/aromatic N) is 3. The maximum atomic E-state index is 12.8. The van der Waals surface area contributed by atoms with Crippen LogP contribution in [0.5, 0.6) is 0 Å². The third-order valence-electron chi connectivity index (χ3n) is 5.60. The fourth-order valence-electron chi connectivity index (χ4n) is 3.66. The molecule has 12 heteroatoms. The van der Waals surface area contributed by atoms with E-state index >= 15 is 0 Å². The van der Waals surface area contributed by atoms with Gasteiger partial charge in [-0.25, -0.2) is 4.98 Å². The number of halogens is 3. The number of carboxylic acid groups (broad SMARTS) is 1. The van der Waals surface area contributed by atoms with Gasteiger partial charge in [0.05, 0.1) is 30.3 Å². The summed E-state index contributed by atoms with van der Waals surface area (Å²) in [7, 11) is 0. The van der Waals surface area contributed by atoms with E-state index in [1.807, 2.05) is 10.3 Å². The average molecular weight is 583 g/mol. The molecule has 1 amide bonds. The van der Waals surface area contributed by atoms with Crippen molar-refractivity contribution in [2.75, 3.05) is 11.4 Å². The quantitative estimate of drug-likeness (QED) is 0.197. The van der Waals surface area contributed by atoms with Gasteiger partial charge in [0.25, 0.3) is 5.91 Å². The summed E-state index contributed by atoms with van der Waals surface area (Å²) >= 11 is 1.17. The molecule has 40 heavy (non-hydrogen) atoms. The van der Waals surface area contributed by atoms with Crippen LogP contribution in [0.1, 0.15) is 27.9 Å². The van der Waals surface area contributed by atoms with Gasteiger partial charge in [0.2, 0.25) is 0 Å². The number of aliphatic carboxylic acids is 1. The topological polar surface area (TPSA) is 106 Å². The fraction of sp³-hybridized carbons (Fsp3) is 0.143. The third-order valence-corrected chi connectivity index (χ3v) is 7.20. The lowest BCUT2D eigenvalue weighted by Gasteiger charge is -2.23. The summed E-state index contributed by atoms with van der Waals surface area (Å²) < 4.78 is 38.5. The number of amides is 1. The van der Waals surface area contributed by atoms with Crippen molar-refractivity contribution < 1.29 is 27.9 Å². The van der Waals surface area contributed by atoms with Crippen molar-refractivity contribution >= 4 is 45.8 Å². The number of carbonyl (C=O) groups excluding carboxylic acids is 1. The minimum Gasteiger partial charge on any atom is -0.481 e. The Balaban J connectivity index is 1.59. The maximum Gasteiger partial charge on any atom is 0.446 e. The number of carbonyl (C=O) groups is 2. The summed E-state index contributed by atoms with van der Waals surface area (Å²) in [5.41, 5.74) is -0.561. The van der Waals surface area contributed by atoms with Crippen molar-refractivity contribution in [2.24, 2.45) is 0 Å². The number of nitriles is 1. The summed E-state index contributed by atoms with van der Waals surface area (Å²) in [6.07, 6.45) is -0.183. The number of aromatic nitrogens is 1. The smallest absolute Gasteiger partial charge is 0.446 e. The molecule has 7 nitrogen and oxygen atoms in total. The highest BCUT2D eigenvalue weighted by atomic mass is 32.2. The van der Waals surface area contributed by atoms with Crippen molar-refractivity contribution in [3.05, 3.63) is 94.9 Å². The molecule has 204 valence electrons. The number of anilines is 2. The zero-order valence-electron chi connectivity index (χ0n) is 20.7. The molecule has 4 rings (SSSR count). The average Bonchev–Trinajstić information content (AvgIpc) is 3.41. The van der Waals surface area contributed by atoms with Crippen LogP contribution in [0.15, 0.2) is 83.1 Å². The van der Waals surface area contributed by atoms with Gasteiger partial charge in [-0.3, -0.25) is 9.59 Å². The highest BCUT2D eigenvalue weighted by Crippen LogP contribution is 2.39. The number of hydrogen-bond acceptors (Lipinski definition) is 7. The molecule has 0 bridgehead atoms. The van der Waals surface area contributed by atoms with Gasteiger partial charge in [-0.15, -0.1) is 11.3 Å². The number of benzene rings is 3. The van der Waals surface area contributed by atoms with Crippen molar-refractivity contribution in [3.63, 3.8) is 0 Å². The van der Waals surface area contributed by atoms with Crippen LogP contribution in [0, 0.1) is 11.3 Å². The first-order chi connectivity index (χ1) is 19.1. The molecule has 0 spiro atoms. The highest BCUT2D eigenvalue weighted by molar-refractivity contribution is 8.00. The molecule has 0 aliphatic carbocycles. The number of alkyl halides is 3. The first-order valence-electron chi connectivity index (χ1n) is 11.8. The van der Waals surface area contributed by atoms with Crippen LogP contribution in [-0.4, -0.2) is 34.0 Å². The second kappa shape index (κ2) is 12.7. The summed E-state index contributed by atoms with van der Waals surface area (Å²) in [5.74, 6) is -1.40. The van der Waals surface area contributed by atoms with Crippen LogP contribution >= 0.6 is 23.1 Å². The summed E-state index contributed by atoms with van der Waals surface area (Å²) in [6.45, 7) is 0.324. The van der Waals surface area contributed by atoms with Gasteiger partial charge in [0.15, 0.2) is 5.13 Å². The molecule has 3 aromatic carbocycles. The minimum absolute atomic E-state index is 0.0118. The van der Waals surface area contributed by atoms with E-state index in [1.165, 1.54) is 23.5 Å². The van der Waals surface area contributed by atoms with Crippen molar-refractivity contribution in [1.29, 1.82) is 5.26 Å². The number of thioether (sulfide) groups is 1. The molecule has 1 heterocycles. The second-order valence-corrected chi connectivity index (χ2v) is 10.4. The van der Waals surface area contributed by atoms with Gasteiger partial charge in [0.1, 0.15) is 0 Å². The first-order valence-corrected chi connectivity index (χ1v) is 13.5. The molecule has 4 aromatic rings. The molecule has 0 radical (unpaired) electrons. The van der Waals surface area contributed by atoms with Crippen LogP contribution in [0.4, 0.5) is 24.0 Å². The first kappa shape index (κ1) is 28.7. The Morgan fingerprint density at radius 3 is 2.30 bits per heavy atom. The summed E-state index contributed by atoms with van der Waals surface area (Å²) in [6, 6.07) is 21.8. The largest absolute Gasteiger partial charge is 0.481 e. The van der Waals surface area contributed by atoms with Gasteiger partial charge in [0, 0.05) is 33.6 Å². The van der Waals surface area contributed by atoms with Gasteiger partial charge < -0.3 is 15.3 Å². The Hall–Kier alpha value is -4.34. The molecule has 0 aliphatic heterocycles. The van der Waals surface area contributed by atoms with E-state index in [0.717, 1.165) is 11.1 Å². The standard InChI is InChI=1S/C28H21F3N4O3S2/c29-28(30,31)40-23-11-9-22(10-12-23)35(27-34-24(17-39-27)20-5-1-18(15-32)2-6-20)16-19-3-7-21(8-4-19)26(38)33-14-13-25(36)37/h1-12,17H,13-14,16H2,(H,33,38)(H,36,37). The maximum absolute atomic E-state index is 12.8. The second-order valence-electron chi connectivity index (χ2n) is 8.43. The van der Waals surface area contributed by atoms with Crippen molar-refractivity contribution in [1.82, 2.24) is 10.3 Å². The van der Waals surface area contributed by atoms with Crippen LogP contribution < -0.4 is 10.2 Å². The highest BCUT2D eigenvalue weighted by Gasteiger charge is 2.29. The molecule has 1 aromatic heterocycles. The van der Waals surface area contributed by atoms with E-state index in [1.54, 1.807) is 60.7 Å². The summed E-state index contributed by atoms with van der Waals surface area (Å²) in [4.78, 5) is 29.6.